The summed E-state index contributed by atoms with van der Waals surface area (Å²) in [5.74, 6) is -1.05. The maximum absolute atomic E-state index is 12.5. The Bertz CT molecular complexity index is 1090. The number of aryl methyl sites for hydroxylation is 2. The average molecular weight is 457 g/mol. The molecule has 0 bridgehead atoms. The average Bonchev–Trinajstić information content (AvgIpc) is 3.22. The van der Waals surface area contributed by atoms with E-state index in [1.807, 2.05) is 18.2 Å². The summed E-state index contributed by atoms with van der Waals surface area (Å²) in [5.41, 5.74) is 1.72. The summed E-state index contributed by atoms with van der Waals surface area (Å²) in [6.45, 7) is 3.54. The number of aliphatic hydroxyl groups excluding tert-OH is 1. The molecule has 8 heteroatoms. The predicted molar refractivity (Wildman–Crippen MR) is 122 cm³/mol. The van der Waals surface area contributed by atoms with Gasteiger partial charge in [-0.1, -0.05) is 12.1 Å². The first kappa shape index (κ1) is 23.3. The summed E-state index contributed by atoms with van der Waals surface area (Å²) >= 11 is 0. The molecule has 2 aliphatic rings. The molecule has 1 saturated heterocycles. The van der Waals surface area contributed by atoms with Crippen LogP contribution < -0.4 is 0 Å². The van der Waals surface area contributed by atoms with Crippen LogP contribution in [0.2, 0.25) is 0 Å². The SMILES string of the molecule is CN1C(=O)N(CCCC(CC(O)c2ccc3c4c(oc3c2)CCCC4)C(=O)O)C(=O)C1(C)C. The Morgan fingerprint density at radius 1 is 1.21 bits per heavy atom. The number of furan rings is 1. The molecule has 178 valence electrons. The third-order valence-corrected chi connectivity index (χ3v) is 7.28. The lowest BCUT2D eigenvalue weighted by atomic mass is 9.92. The number of fused-ring (bicyclic) bond motifs is 3. The second-order valence-electron chi connectivity index (χ2n) is 9.75. The highest BCUT2D eigenvalue weighted by Gasteiger charge is 2.48. The number of amides is 3. The maximum atomic E-state index is 12.5. The van der Waals surface area contributed by atoms with Crippen LogP contribution in [0.1, 0.15) is 68.9 Å². The van der Waals surface area contributed by atoms with Crippen molar-refractivity contribution in [2.75, 3.05) is 13.6 Å². The molecule has 2 heterocycles. The number of carboxylic acid groups (broad SMARTS) is 1. The minimum absolute atomic E-state index is 0.0502. The van der Waals surface area contributed by atoms with Crippen LogP contribution in [0.5, 0.6) is 0 Å². The van der Waals surface area contributed by atoms with Gasteiger partial charge in [0.2, 0.25) is 0 Å². The van der Waals surface area contributed by atoms with Crippen LogP contribution in [0.15, 0.2) is 22.6 Å². The number of carboxylic acids is 1. The summed E-state index contributed by atoms with van der Waals surface area (Å²) in [5, 5.41) is 21.5. The first-order valence-electron chi connectivity index (χ1n) is 11.7. The number of hydrogen-bond donors (Lipinski definition) is 2. The molecule has 0 spiro atoms. The minimum Gasteiger partial charge on any atom is -0.481 e. The van der Waals surface area contributed by atoms with Crippen LogP contribution in [0.3, 0.4) is 0 Å². The molecule has 2 N–H and O–H groups in total. The molecule has 0 saturated carbocycles. The van der Waals surface area contributed by atoms with E-state index in [4.69, 9.17) is 4.42 Å². The molecule has 2 atom stereocenters. The van der Waals surface area contributed by atoms with Crippen LogP contribution in [-0.4, -0.2) is 57.1 Å². The van der Waals surface area contributed by atoms with E-state index in [-0.39, 0.29) is 31.3 Å². The quantitative estimate of drug-likeness (QED) is 0.583. The van der Waals surface area contributed by atoms with Crippen molar-refractivity contribution in [3.05, 3.63) is 35.1 Å². The fourth-order valence-electron chi connectivity index (χ4n) is 4.91. The van der Waals surface area contributed by atoms with E-state index >= 15 is 0 Å². The second-order valence-corrected chi connectivity index (χ2v) is 9.75. The molecule has 1 aromatic carbocycles. The number of carbonyl (C=O) groups is 3. The predicted octanol–water partition coefficient (Wildman–Crippen LogP) is 3.89. The minimum atomic E-state index is -1.000. The molecule has 0 radical (unpaired) electrons. The van der Waals surface area contributed by atoms with Crippen molar-refractivity contribution in [3.8, 4) is 0 Å². The van der Waals surface area contributed by atoms with Crippen LogP contribution >= 0.6 is 0 Å². The smallest absolute Gasteiger partial charge is 0.327 e. The van der Waals surface area contributed by atoms with Crippen molar-refractivity contribution in [3.63, 3.8) is 0 Å². The first-order valence-corrected chi connectivity index (χ1v) is 11.7. The molecule has 2 unspecified atom stereocenters. The lowest BCUT2D eigenvalue weighted by molar-refractivity contribution is -0.143. The number of hydrogen-bond acceptors (Lipinski definition) is 5. The van der Waals surface area contributed by atoms with Crippen LogP contribution in [0.25, 0.3) is 11.0 Å². The number of rotatable bonds is 8. The fraction of sp³-hybridized carbons (Fsp3) is 0.560. The first-order chi connectivity index (χ1) is 15.6. The van der Waals surface area contributed by atoms with Crippen molar-refractivity contribution in [1.82, 2.24) is 9.80 Å². The molecule has 1 aromatic heterocycles. The number of urea groups is 1. The van der Waals surface area contributed by atoms with Crippen LogP contribution in [0, 0.1) is 5.92 Å². The van der Waals surface area contributed by atoms with Crippen molar-refractivity contribution < 1.29 is 29.0 Å². The molecule has 1 fully saturated rings. The Morgan fingerprint density at radius 3 is 2.61 bits per heavy atom. The van der Waals surface area contributed by atoms with Gasteiger partial charge in [-0.2, -0.15) is 0 Å². The van der Waals surface area contributed by atoms with Gasteiger partial charge in [-0.3, -0.25) is 14.5 Å². The number of benzene rings is 1. The largest absolute Gasteiger partial charge is 0.481 e. The third-order valence-electron chi connectivity index (χ3n) is 7.28. The van der Waals surface area contributed by atoms with E-state index in [1.165, 1.54) is 15.4 Å². The van der Waals surface area contributed by atoms with Gasteiger partial charge >= 0.3 is 12.0 Å². The highest BCUT2D eigenvalue weighted by atomic mass is 16.4. The van der Waals surface area contributed by atoms with E-state index in [0.717, 1.165) is 42.4 Å². The molecular formula is C25H32N2O6. The Balaban J connectivity index is 1.39. The van der Waals surface area contributed by atoms with Crippen LogP contribution in [-0.2, 0) is 22.4 Å². The van der Waals surface area contributed by atoms with E-state index in [0.29, 0.717) is 12.0 Å². The van der Waals surface area contributed by atoms with Gasteiger partial charge in [-0.15, -0.1) is 0 Å². The fourth-order valence-corrected chi connectivity index (χ4v) is 4.91. The van der Waals surface area contributed by atoms with Gasteiger partial charge in [0.05, 0.1) is 12.0 Å². The Labute approximate surface area is 193 Å². The van der Waals surface area contributed by atoms with E-state index in [1.54, 1.807) is 20.9 Å². The highest BCUT2D eigenvalue weighted by molar-refractivity contribution is 6.06. The van der Waals surface area contributed by atoms with Gasteiger partial charge in [0.15, 0.2) is 0 Å². The Hall–Kier alpha value is -2.87. The normalized spacial score (nSPS) is 19.8. The number of imide groups is 1. The van der Waals surface area contributed by atoms with Gasteiger partial charge in [0.25, 0.3) is 5.91 Å². The van der Waals surface area contributed by atoms with Gasteiger partial charge < -0.3 is 19.5 Å². The summed E-state index contributed by atoms with van der Waals surface area (Å²) in [4.78, 5) is 39.3. The summed E-state index contributed by atoms with van der Waals surface area (Å²) < 4.78 is 6.00. The van der Waals surface area contributed by atoms with E-state index < -0.39 is 23.5 Å². The molecule has 4 rings (SSSR count). The summed E-state index contributed by atoms with van der Waals surface area (Å²) in [7, 11) is 1.59. The van der Waals surface area contributed by atoms with Crippen LogP contribution in [0.4, 0.5) is 4.79 Å². The highest BCUT2D eigenvalue weighted by Crippen LogP contribution is 2.34. The van der Waals surface area contributed by atoms with Crippen molar-refractivity contribution in [1.29, 1.82) is 0 Å². The lowest BCUT2D eigenvalue weighted by Gasteiger charge is -2.22. The number of carbonyl (C=O) groups excluding carboxylic acids is 2. The molecule has 3 amide bonds. The van der Waals surface area contributed by atoms with Gasteiger partial charge in [0.1, 0.15) is 16.9 Å². The van der Waals surface area contributed by atoms with Gasteiger partial charge in [0, 0.05) is 31.0 Å². The van der Waals surface area contributed by atoms with Gasteiger partial charge in [-0.05, 0) is 64.0 Å². The standard InChI is InChI=1S/C25H32N2O6/c1-25(2)23(31)27(24(32)26(25)3)12-6-7-16(22(29)30)13-19(28)15-10-11-18-17-8-4-5-9-20(17)33-21(18)14-15/h10-11,14,16,19,28H,4-9,12-13H2,1-3H3,(H,29,30). The number of likely N-dealkylation sites (N-methyl/N-ethyl adjacent to an activating group) is 1. The molecule has 1 aliphatic carbocycles. The second kappa shape index (κ2) is 8.82. The Morgan fingerprint density at radius 2 is 1.94 bits per heavy atom. The molecular weight excluding hydrogens is 424 g/mol. The Kier molecular flexibility index (Phi) is 6.22. The van der Waals surface area contributed by atoms with E-state index in [9.17, 15) is 24.6 Å². The van der Waals surface area contributed by atoms with Crippen molar-refractivity contribution in [2.24, 2.45) is 5.92 Å². The molecule has 2 aromatic rings. The number of nitrogens with zero attached hydrogens (tertiary/aromatic N) is 2. The van der Waals surface area contributed by atoms with Crippen molar-refractivity contribution in [2.45, 2.75) is 70.4 Å². The number of aliphatic hydroxyl groups is 1. The zero-order valence-corrected chi connectivity index (χ0v) is 19.5. The van der Waals surface area contributed by atoms with Gasteiger partial charge in [-0.25, -0.2) is 4.79 Å². The van der Waals surface area contributed by atoms with E-state index in [2.05, 4.69) is 0 Å². The summed E-state index contributed by atoms with van der Waals surface area (Å²) in [6, 6.07) is 5.25. The zero-order valence-electron chi connectivity index (χ0n) is 19.5. The zero-order chi connectivity index (χ0) is 23.9. The lowest BCUT2D eigenvalue weighted by Crippen LogP contribution is -2.41. The topological polar surface area (TPSA) is 111 Å². The van der Waals surface area contributed by atoms with Crippen molar-refractivity contribution >= 4 is 28.9 Å². The molecule has 33 heavy (non-hydrogen) atoms. The molecule has 8 nitrogen and oxygen atoms in total. The maximum Gasteiger partial charge on any atom is 0.327 e. The third kappa shape index (κ3) is 4.24. The molecule has 1 aliphatic heterocycles. The monoisotopic (exact) mass is 456 g/mol. The number of aliphatic carboxylic acids is 1. The summed E-state index contributed by atoms with van der Waals surface area (Å²) in [6.07, 6.45) is 3.91.